The average molecular weight is 168 g/mol. The van der Waals surface area contributed by atoms with Crippen molar-refractivity contribution in [3.8, 4) is 0 Å². The van der Waals surface area contributed by atoms with Crippen molar-refractivity contribution in [2.45, 2.75) is 13.8 Å². The number of nitrogens with zero attached hydrogens (tertiary/aromatic N) is 1. The van der Waals surface area contributed by atoms with Crippen molar-refractivity contribution in [2.24, 2.45) is 0 Å². The van der Waals surface area contributed by atoms with E-state index in [4.69, 9.17) is 0 Å². The van der Waals surface area contributed by atoms with Crippen LogP contribution in [0.1, 0.15) is 18.4 Å². The summed E-state index contributed by atoms with van der Waals surface area (Å²) in [6.45, 7) is 4.12. The molecule has 0 amide bonds. The maximum atomic E-state index is 4.13. The number of nitrogens with one attached hydrogen (secondary N) is 1. The summed E-state index contributed by atoms with van der Waals surface area (Å²) < 4.78 is 0. The molecule has 0 aliphatic rings. The number of aromatic nitrogens is 2. The molecule has 0 aliphatic carbocycles. The van der Waals surface area contributed by atoms with Gasteiger partial charge in [-0.1, -0.05) is 6.92 Å². The highest BCUT2D eigenvalue weighted by Crippen LogP contribution is 2.04. The highest BCUT2D eigenvalue weighted by atomic mass is 32.2. The summed E-state index contributed by atoms with van der Waals surface area (Å²) in [5, 5.41) is 2.05. The lowest BCUT2D eigenvalue weighted by atomic mass is 10.6. The van der Waals surface area contributed by atoms with Crippen LogP contribution in [0.3, 0.4) is 0 Å². The third kappa shape index (κ3) is 2.80. The fraction of sp³-hybridized carbons (Fsp3) is 0.375. The summed E-state index contributed by atoms with van der Waals surface area (Å²) in [6, 6.07) is 0. The summed E-state index contributed by atoms with van der Waals surface area (Å²) in [6.07, 6.45) is 3.82. The first-order valence-electron chi connectivity index (χ1n) is 3.62. The van der Waals surface area contributed by atoms with Crippen LogP contribution in [-0.2, 0) is 0 Å². The van der Waals surface area contributed by atoms with Gasteiger partial charge in [0.2, 0.25) is 0 Å². The fourth-order valence-electron chi connectivity index (χ4n) is 0.726. The molecule has 1 rings (SSSR count). The molecule has 0 aliphatic heterocycles. The second-order valence-electron chi connectivity index (χ2n) is 2.21. The van der Waals surface area contributed by atoms with Crippen LogP contribution in [0.2, 0.25) is 0 Å². The molecule has 0 radical (unpaired) electrons. The Hall–Kier alpha value is -0.700. The van der Waals surface area contributed by atoms with Gasteiger partial charge in [-0.2, -0.15) is 0 Å². The number of imidazole rings is 1. The van der Waals surface area contributed by atoms with E-state index in [1.807, 2.05) is 19.2 Å². The van der Waals surface area contributed by atoms with Crippen molar-refractivity contribution in [1.82, 2.24) is 9.97 Å². The Labute approximate surface area is 71.1 Å². The molecule has 0 saturated carbocycles. The molecule has 0 bridgehead atoms. The minimum Gasteiger partial charge on any atom is -0.343 e. The molecule has 1 aromatic rings. The van der Waals surface area contributed by atoms with Crippen LogP contribution in [0.5, 0.6) is 0 Å². The van der Waals surface area contributed by atoms with Crippen molar-refractivity contribution >= 4 is 17.8 Å². The molecule has 11 heavy (non-hydrogen) atoms. The normalized spacial score (nSPS) is 11.1. The van der Waals surface area contributed by atoms with Crippen molar-refractivity contribution in [3.05, 3.63) is 23.1 Å². The average Bonchev–Trinajstić information content (AvgIpc) is 2.37. The van der Waals surface area contributed by atoms with Gasteiger partial charge >= 0.3 is 0 Å². The van der Waals surface area contributed by atoms with E-state index in [2.05, 4.69) is 22.3 Å². The largest absolute Gasteiger partial charge is 0.343 e. The maximum absolute atomic E-state index is 4.13. The molecule has 1 N–H and O–H groups in total. The number of hydrogen-bond acceptors (Lipinski definition) is 2. The Kier molecular flexibility index (Phi) is 3.23. The molecule has 60 valence electrons. The van der Waals surface area contributed by atoms with Crippen molar-refractivity contribution in [3.63, 3.8) is 0 Å². The Morgan fingerprint density at radius 2 is 2.55 bits per heavy atom. The second-order valence-corrected chi connectivity index (χ2v) is 3.39. The van der Waals surface area contributed by atoms with Crippen LogP contribution >= 0.6 is 11.8 Å². The quantitative estimate of drug-likeness (QED) is 0.751. The zero-order chi connectivity index (χ0) is 8.10. The Bertz CT molecular complexity index is 240. The van der Waals surface area contributed by atoms with Crippen LogP contribution in [-0.4, -0.2) is 15.7 Å². The van der Waals surface area contributed by atoms with E-state index in [1.54, 1.807) is 11.8 Å². The van der Waals surface area contributed by atoms with E-state index in [9.17, 15) is 0 Å². The van der Waals surface area contributed by atoms with Gasteiger partial charge in [-0.05, 0) is 24.2 Å². The Morgan fingerprint density at radius 1 is 1.73 bits per heavy atom. The summed E-state index contributed by atoms with van der Waals surface area (Å²) >= 11 is 1.77. The summed E-state index contributed by atoms with van der Waals surface area (Å²) in [5.74, 6) is 2.04. The first-order valence-corrected chi connectivity index (χ1v) is 4.67. The van der Waals surface area contributed by atoms with E-state index < -0.39 is 0 Å². The van der Waals surface area contributed by atoms with Crippen LogP contribution in [0.4, 0.5) is 0 Å². The number of aryl methyl sites for hydroxylation is 1. The van der Waals surface area contributed by atoms with E-state index in [0.29, 0.717) is 0 Å². The molecule has 1 aromatic heterocycles. The third-order valence-corrected chi connectivity index (χ3v) is 1.87. The Morgan fingerprint density at radius 3 is 3.09 bits per heavy atom. The van der Waals surface area contributed by atoms with Gasteiger partial charge in [-0.3, -0.25) is 0 Å². The molecule has 0 aromatic carbocycles. The predicted molar refractivity (Wildman–Crippen MR) is 50.5 cm³/mol. The maximum Gasteiger partial charge on any atom is 0.130 e. The monoisotopic (exact) mass is 168 g/mol. The molecular weight excluding hydrogens is 156 g/mol. The summed E-state index contributed by atoms with van der Waals surface area (Å²) in [5.41, 5.74) is 1.10. The number of hydrogen-bond donors (Lipinski definition) is 1. The molecule has 0 spiro atoms. The number of aromatic amines is 1. The van der Waals surface area contributed by atoms with Crippen LogP contribution in [0.15, 0.2) is 11.6 Å². The molecule has 0 saturated heterocycles. The zero-order valence-electron chi connectivity index (χ0n) is 6.79. The first-order chi connectivity index (χ1) is 5.33. The number of thioether (sulfide) groups is 1. The highest BCUT2D eigenvalue weighted by molar-refractivity contribution is 8.02. The molecule has 1 heterocycles. The standard InChI is InChI=1S/C8H12N2S/c1-3-11-5-4-8-9-6-7(2)10-8/h4-6H,3H2,1-2H3,(H,9,10)/b5-4+. The lowest BCUT2D eigenvalue weighted by Gasteiger charge is -1.84. The number of rotatable bonds is 3. The molecular formula is C8H12N2S. The van der Waals surface area contributed by atoms with Gasteiger partial charge in [0.1, 0.15) is 5.82 Å². The zero-order valence-corrected chi connectivity index (χ0v) is 7.61. The van der Waals surface area contributed by atoms with E-state index in [1.165, 1.54) is 0 Å². The summed E-state index contributed by atoms with van der Waals surface area (Å²) in [4.78, 5) is 7.26. The van der Waals surface area contributed by atoms with Gasteiger partial charge in [0.25, 0.3) is 0 Å². The van der Waals surface area contributed by atoms with Gasteiger partial charge in [-0.25, -0.2) is 4.98 Å². The van der Waals surface area contributed by atoms with Gasteiger partial charge in [0.15, 0.2) is 0 Å². The second kappa shape index (κ2) is 4.23. The van der Waals surface area contributed by atoms with Crippen molar-refractivity contribution < 1.29 is 0 Å². The third-order valence-electron chi connectivity index (χ3n) is 1.21. The smallest absolute Gasteiger partial charge is 0.130 e. The van der Waals surface area contributed by atoms with Gasteiger partial charge in [-0.15, -0.1) is 11.8 Å². The molecule has 0 unspecified atom stereocenters. The van der Waals surface area contributed by atoms with Gasteiger partial charge in [0.05, 0.1) is 0 Å². The van der Waals surface area contributed by atoms with Crippen molar-refractivity contribution in [1.29, 1.82) is 0 Å². The lowest BCUT2D eigenvalue weighted by Crippen LogP contribution is -1.73. The van der Waals surface area contributed by atoms with Crippen LogP contribution in [0, 0.1) is 6.92 Å². The van der Waals surface area contributed by atoms with Crippen LogP contribution < -0.4 is 0 Å². The molecule has 0 atom stereocenters. The topological polar surface area (TPSA) is 28.7 Å². The van der Waals surface area contributed by atoms with Gasteiger partial charge in [0, 0.05) is 11.9 Å². The minimum absolute atomic E-state index is 0.934. The van der Waals surface area contributed by atoms with E-state index >= 15 is 0 Å². The first kappa shape index (κ1) is 8.40. The SMILES string of the molecule is CCS/C=C/c1ncc(C)[nH]1. The Balaban J connectivity index is 2.50. The predicted octanol–water partition coefficient (Wildman–Crippen LogP) is 2.44. The summed E-state index contributed by atoms with van der Waals surface area (Å²) in [7, 11) is 0. The molecule has 2 nitrogen and oxygen atoms in total. The molecule has 3 heteroatoms. The van der Waals surface area contributed by atoms with E-state index in [-0.39, 0.29) is 0 Å². The highest BCUT2D eigenvalue weighted by Gasteiger charge is 1.89. The van der Waals surface area contributed by atoms with E-state index in [0.717, 1.165) is 17.3 Å². The van der Waals surface area contributed by atoms with Gasteiger partial charge < -0.3 is 4.98 Å². The minimum atomic E-state index is 0.934. The van der Waals surface area contributed by atoms with Crippen molar-refractivity contribution in [2.75, 3.05) is 5.75 Å². The van der Waals surface area contributed by atoms with Crippen LogP contribution in [0.25, 0.3) is 6.08 Å². The fourth-order valence-corrected chi connectivity index (χ4v) is 1.14. The molecule has 0 fully saturated rings. The number of H-pyrrole nitrogens is 1. The lowest BCUT2D eigenvalue weighted by molar-refractivity contribution is 1.22.